The van der Waals surface area contributed by atoms with Crippen LogP contribution in [0.4, 0.5) is 0 Å². The standard InChI is InChI=1S/C12H18N2/c13-8-12(4-1-5-14-12)11-7-9-2-3-10(11)6-9/h9-11,14H,1-7H2. The normalized spacial score (nSPS) is 50.9. The summed E-state index contributed by atoms with van der Waals surface area (Å²) in [5.74, 6) is 2.50. The lowest BCUT2D eigenvalue weighted by Crippen LogP contribution is -2.47. The van der Waals surface area contributed by atoms with E-state index in [9.17, 15) is 5.26 Å². The topological polar surface area (TPSA) is 35.8 Å². The van der Waals surface area contributed by atoms with Crippen LogP contribution in [-0.4, -0.2) is 12.1 Å². The molecule has 1 heterocycles. The molecule has 1 aliphatic heterocycles. The fraction of sp³-hybridized carbons (Fsp3) is 0.917. The zero-order valence-electron chi connectivity index (χ0n) is 8.63. The summed E-state index contributed by atoms with van der Waals surface area (Å²) in [4.78, 5) is 0. The molecule has 14 heavy (non-hydrogen) atoms. The third-order valence-corrected chi connectivity index (χ3v) is 4.76. The first-order valence-corrected chi connectivity index (χ1v) is 6.00. The lowest BCUT2D eigenvalue weighted by atomic mass is 9.74. The van der Waals surface area contributed by atoms with Crippen molar-refractivity contribution < 1.29 is 0 Å². The fourth-order valence-electron chi connectivity index (χ4n) is 4.11. The molecule has 1 saturated heterocycles. The maximum absolute atomic E-state index is 9.39. The molecule has 1 N–H and O–H groups in total. The van der Waals surface area contributed by atoms with Crippen molar-refractivity contribution in [3.63, 3.8) is 0 Å². The average molecular weight is 190 g/mol. The Labute approximate surface area is 85.7 Å². The summed E-state index contributed by atoms with van der Waals surface area (Å²) in [7, 11) is 0. The van der Waals surface area contributed by atoms with Crippen molar-refractivity contribution in [1.29, 1.82) is 5.26 Å². The first-order chi connectivity index (χ1) is 6.84. The Bertz CT molecular complexity index is 273. The van der Waals surface area contributed by atoms with E-state index in [1.54, 1.807) is 0 Å². The SMILES string of the molecule is N#CC1(C2CC3CCC2C3)CCCN1. The molecular formula is C12H18N2. The van der Waals surface area contributed by atoms with Gasteiger partial charge in [0.25, 0.3) is 0 Å². The number of hydrogen-bond donors (Lipinski definition) is 1. The van der Waals surface area contributed by atoms with Gasteiger partial charge in [-0.25, -0.2) is 0 Å². The second-order valence-electron chi connectivity index (χ2n) is 5.39. The number of nitrogens with zero attached hydrogens (tertiary/aromatic N) is 1. The van der Waals surface area contributed by atoms with Gasteiger partial charge in [-0.3, -0.25) is 5.32 Å². The number of fused-ring (bicyclic) bond motifs is 2. The van der Waals surface area contributed by atoms with Crippen molar-refractivity contribution in [3.05, 3.63) is 0 Å². The summed E-state index contributed by atoms with van der Waals surface area (Å²) >= 11 is 0. The van der Waals surface area contributed by atoms with Gasteiger partial charge in [0, 0.05) is 0 Å². The molecule has 2 nitrogen and oxygen atoms in total. The van der Waals surface area contributed by atoms with E-state index in [1.165, 1.54) is 32.1 Å². The Morgan fingerprint density at radius 1 is 1.29 bits per heavy atom. The largest absolute Gasteiger partial charge is 0.299 e. The van der Waals surface area contributed by atoms with Gasteiger partial charge >= 0.3 is 0 Å². The quantitative estimate of drug-likeness (QED) is 0.687. The molecule has 3 aliphatic rings. The maximum Gasteiger partial charge on any atom is 0.109 e. The van der Waals surface area contributed by atoms with E-state index in [2.05, 4.69) is 11.4 Å². The van der Waals surface area contributed by atoms with E-state index in [-0.39, 0.29) is 5.54 Å². The highest BCUT2D eigenvalue weighted by molar-refractivity contribution is 5.17. The molecule has 3 fully saturated rings. The van der Waals surface area contributed by atoms with Gasteiger partial charge in [-0.1, -0.05) is 6.42 Å². The molecule has 0 amide bonds. The van der Waals surface area contributed by atoms with Crippen LogP contribution < -0.4 is 5.32 Å². The van der Waals surface area contributed by atoms with E-state index >= 15 is 0 Å². The molecule has 76 valence electrons. The Morgan fingerprint density at radius 2 is 2.21 bits per heavy atom. The molecule has 4 unspecified atom stereocenters. The van der Waals surface area contributed by atoms with E-state index in [1.807, 2.05) is 0 Å². The predicted octanol–water partition coefficient (Wildman–Crippen LogP) is 2.07. The Hall–Kier alpha value is -0.550. The van der Waals surface area contributed by atoms with Gasteiger partial charge in [-0.05, 0) is 56.4 Å². The van der Waals surface area contributed by atoms with E-state index in [0.29, 0.717) is 5.92 Å². The van der Waals surface area contributed by atoms with Gasteiger partial charge in [-0.2, -0.15) is 5.26 Å². The van der Waals surface area contributed by atoms with Crippen LogP contribution in [0.2, 0.25) is 0 Å². The van der Waals surface area contributed by atoms with Crippen LogP contribution in [-0.2, 0) is 0 Å². The Balaban J connectivity index is 1.84. The van der Waals surface area contributed by atoms with Crippen LogP contribution in [0.5, 0.6) is 0 Å². The minimum absolute atomic E-state index is 0.125. The fourth-order valence-corrected chi connectivity index (χ4v) is 4.11. The number of hydrogen-bond acceptors (Lipinski definition) is 2. The monoisotopic (exact) mass is 190 g/mol. The first-order valence-electron chi connectivity index (χ1n) is 6.00. The van der Waals surface area contributed by atoms with Crippen molar-refractivity contribution >= 4 is 0 Å². The molecule has 0 aromatic carbocycles. The van der Waals surface area contributed by atoms with Crippen molar-refractivity contribution in [2.45, 2.75) is 44.1 Å². The molecule has 2 bridgehead atoms. The second kappa shape index (κ2) is 2.97. The lowest BCUT2D eigenvalue weighted by Gasteiger charge is -2.34. The van der Waals surface area contributed by atoms with E-state index < -0.39 is 0 Å². The zero-order valence-corrected chi connectivity index (χ0v) is 8.63. The zero-order chi connectivity index (χ0) is 9.60. The van der Waals surface area contributed by atoms with Gasteiger partial charge in [0.2, 0.25) is 0 Å². The molecule has 0 spiro atoms. The third-order valence-electron chi connectivity index (χ3n) is 4.76. The second-order valence-corrected chi connectivity index (χ2v) is 5.39. The van der Waals surface area contributed by atoms with Crippen molar-refractivity contribution in [2.24, 2.45) is 17.8 Å². The third kappa shape index (κ3) is 1.05. The van der Waals surface area contributed by atoms with Crippen LogP contribution in [0, 0.1) is 29.1 Å². The van der Waals surface area contributed by atoms with Crippen LogP contribution in [0.3, 0.4) is 0 Å². The molecule has 2 heteroatoms. The van der Waals surface area contributed by atoms with Crippen LogP contribution in [0.15, 0.2) is 0 Å². The Kier molecular flexibility index (Phi) is 1.85. The predicted molar refractivity (Wildman–Crippen MR) is 54.5 cm³/mol. The van der Waals surface area contributed by atoms with Crippen molar-refractivity contribution in [2.75, 3.05) is 6.54 Å². The first kappa shape index (κ1) is 8.73. The summed E-state index contributed by atoms with van der Waals surface area (Å²) in [6.45, 7) is 1.06. The van der Waals surface area contributed by atoms with Gasteiger partial charge in [0.05, 0.1) is 6.07 Å². The summed E-state index contributed by atoms with van der Waals surface area (Å²) in [6.07, 6.45) is 7.85. The molecule has 2 saturated carbocycles. The molecule has 0 radical (unpaired) electrons. The molecule has 2 aliphatic carbocycles. The smallest absolute Gasteiger partial charge is 0.109 e. The molecular weight excluding hydrogens is 172 g/mol. The van der Waals surface area contributed by atoms with Gasteiger partial charge < -0.3 is 0 Å². The number of nitriles is 1. The van der Waals surface area contributed by atoms with Crippen molar-refractivity contribution in [1.82, 2.24) is 5.32 Å². The molecule has 0 aromatic rings. The highest BCUT2D eigenvalue weighted by atomic mass is 15.0. The number of rotatable bonds is 1. The lowest BCUT2D eigenvalue weighted by molar-refractivity contribution is 0.213. The summed E-state index contributed by atoms with van der Waals surface area (Å²) in [5, 5.41) is 12.9. The van der Waals surface area contributed by atoms with E-state index in [4.69, 9.17) is 0 Å². The van der Waals surface area contributed by atoms with Gasteiger partial charge in [0.15, 0.2) is 0 Å². The highest BCUT2D eigenvalue weighted by Gasteiger charge is 2.51. The molecule has 0 aromatic heterocycles. The van der Waals surface area contributed by atoms with Crippen molar-refractivity contribution in [3.8, 4) is 6.07 Å². The summed E-state index contributed by atoms with van der Waals surface area (Å²) in [6, 6.07) is 2.59. The van der Waals surface area contributed by atoms with Gasteiger partial charge in [0.1, 0.15) is 5.54 Å². The van der Waals surface area contributed by atoms with E-state index in [0.717, 1.165) is 24.8 Å². The number of nitrogens with one attached hydrogen (secondary N) is 1. The summed E-state index contributed by atoms with van der Waals surface area (Å²) in [5.41, 5.74) is -0.125. The minimum Gasteiger partial charge on any atom is -0.299 e. The maximum atomic E-state index is 9.39. The average Bonchev–Trinajstić information content (AvgIpc) is 2.94. The molecule has 3 rings (SSSR count). The summed E-state index contributed by atoms with van der Waals surface area (Å²) < 4.78 is 0. The minimum atomic E-state index is -0.125. The van der Waals surface area contributed by atoms with Crippen LogP contribution >= 0.6 is 0 Å². The molecule has 4 atom stereocenters. The van der Waals surface area contributed by atoms with Crippen LogP contribution in [0.25, 0.3) is 0 Å². The van der Waals surface area contributed by atoms with Gasteiger partial charge in [-0.15, -0.1) is 0 Å². The highest BCUT2D eigenvalue weighted by Crippen LogP contribution is 2.53. The van der Waals surface area contributed by atoms with Crippen LogP contribution in [0.1, 0.15) is 38.5 Å². The Morgan fingerprint density at radius 3 is 2.71 bits per heavy atom.